The molecule has 0 aliphatic carbocycles. The van der Waals surface area contributed by atoms with Crippen LogP contribution in [0.5, 0.6) is 0 Å². The van der Waals surface area contributed by atoms with E-state index in [4.69, 9.17) is 0 Å². The Balaban J connectivity index is 1.56. The van der Waals surface area contributed by atoms with E-state index in [1.165, 1.54) is 17.0 Å². The molecule has 1 heterocycles. The van der Waals surface area contributed by atoms with Gasteiger partial charge in [0, 0.05) is 30.5 Å². The molecule has 1 aliphatic heterocycles. The van der Waals surface area contributed by atoms with Crippen LogP contribution in [0.15, 0.2) is 46.9 Å². The Morgan fingerprint density at radius 1 is 1.11 bits per heavy atom. The largest absolute Gasteiger partial charge is 0.339 e. The lowest BCUT2D eigenvalue weighted by atomic mass is 10.1. The van der Waals surface area contributed by atoms with Gasteiger partial charge in [-0.1, -0.05) is 28.1 Å². The van der Waals surface area contributed by atoms with Crippen molar-refractivity contribution in [2.45, 2.75) is 26.3 Å². The van der Waals surface area contributed by atoms with Gasteiger partial charge in [0.25, 0.3) is 11.8 Å². The second kappa shape index (κ2) is 8.65. The number of imide groups is 1. The Kier molecular flexibility index (Phi) is 6.24. The van der Waals surface area contributed by atoms with Crippen LogP contribution in [0.4, 0.5) is 4.39 Å². The smallest absolute Gasteiger partial charge is 0.261 e. The van der Waals surface area contributed by atoms with Crippen molar-refractivity contribution in [2.24, 2.45) is 0 Å². The zero-order chi connectivity index (χ0) is 20.3. The summed E-state index contributed by atoms with van der Waals surface area (Å²) in [5.41, 5.74) is 1.49. The fourth-order valence-corrected chi connectivity index (χ4v) is 3.61. The average Bonchev–Trinajstić information content (AvgIpc) is 2.90. The maximum atomic E-state index is 13.3. The lowest BCUT2D eigenvalue weighted by molar-refractivity contribution is -0.131. The van der Waals surface area contributed by atoms with Crippen LogP contribution >= 0.6 is 15.9 Å². The van der Waals surface area contributed by atoms with Crippen LogP contribution in [0.2, 0.25) is 0 Å². The van der Waals surface area contributed by atoms with Gasteiger partial charge < -0.3 is 4.90 Å². The van der Waals surface area contributed by atoms with E-state index in [9.17, 15) is 18.8 Å². The molecule has 0 spiro atoms. The minimum Gasteiger partial charge on any atom is -0.339 e. The molecular formula is C21H20BrFN2O3. The average molecular weight is 447 g/mol. The number of fused-ring (bicyclic) bond motifs is 1. The molecule has 0 radical (unpaired) electrons. The summed E-state index contributed by atoms with van der Waals surface area (Å²) < 4.78 is 14.1. The summed E-state index contributed by atoms with van der Waals surface area (Å²) >= 11 is 3.30. The molecule has 5 nitrogen and oxygen atoms in total. The number of benzene rings is 2. The first-order valence-electron chi connectivity index (χ1n) is 9.08. The van der Waals surface area contributed by atoms with Crippen molar-refractivity contribution in [1.82, 2.24) is 9.80 Å². The summed E-state index contributed by atoms with van der Waals surface area (Å²) in [4.78, 5) is 40.2. The van der Waals surface area contributed by atoms with Crippen LogP contribution in [-0.2, 0) is 11.3 Å². The number of halogens is 2. The van der Waals surface area contributed by atoms with Crippen LogP contribution in [0, 0.1) is 5.82 Å². The second-order valence-corrected chi connectivity index (χ2v) is 7.51. The molecule has 2 aromatic carbocycles. The van der Waals surface area contributed by atoms with E-state index in [1.807, 2.05) is 6.92 Å². The third-order valence-corrected chi connectivity index (χ3v) is 5.20. The third kappa shape index (κ3) is 4.30. The molecular weight excluding hydrogens is 427 g/mol. The maximum absolute atomic E-state index is 13.3. The van der Waals surface area contributed by atoms with Gasteiger partial charge in [-0.05, 0) is 49.2 Å². The minimum absolute atomic E-state index is 0.0916. The molecule has 0 unspecified atom stereocenters. The van der Waals surface area contributed by atoms with E-state index in [0.717, 1.165) is 10.0 Å². The van der Waals surface area contributed by atoms with Gasteiger partial charge in [-0.3, -0.25) is 19.3 Å². The zero-order valence-corrected chi connectivity index (χ0v) is 17.0. The normalized spacial score (nSPS) is 13.0. The van der Waals surface area contributed by atoms with Crippen molar-refractivity contribution in [2.75, 3.05) is 13.1 Å². The predicted octanol–water partition coefficient (Wildman–Crippen LogP) is 4.01. The highest BCUT2D eigenvalue weighted by molar-refractivity contribution is 9.10. The van der Waals surface area contributed by atoms with E-state index in [0.29, 0.717) is 30.6 Å². The van der Waals surface area contributed by atoms with E-state index in [1.54, 1.807) is 35.2 Å². The van der Waals surface area contributed by atoms with Crippen molar-refractivity contribution in [3.05, 3.63) is 69.4 Å². The van der Waals surface area contributed by atoms with Crippen molar-refractivity contribution in [1.29, 1.82) is 0 Å². The van der Waals surface area contributed by atoms with Crippen molar-refractivity contribution < 1.29 is 18.8 Å². The van der Waals surface area contributed by atoms with E-state index >= 15 is 0 Å². The SMILES string of the molecule is CCN(Cc1cccc(F)c1)C(=O)CCCN1C(=O)c2ccc(Br)cc2C1=O. The van der Waals surface area contributed by atoms with Gasteiger partial charge in [0.15, 0.2) is 0 Å². The Hall–Kier alpha value is -2.54. The number of hydrogen-bond donors (Lipinski definition) is 0. The highest BCUT2D eigenvalue weighted by Crippen LogP contribution is 2.26. The molecule has 3 amide bonds. The summed E-state index contributed by atoms with van der Waals surface area (Å²) in [6, 6.07) is 11.2. The second-order valence-electron chi connectivity index (χ2n) is 6.59. The Morgan fingerprint density at radius 2 is 1.86 bits per heavy atom. The Morgan fingerprint density at radius 3 is 2.57 bits per heavy atom. The lowest BCUT2D eigenvalue weighted by Gasteiger charge is -2.22. The number of nitrogens with zero attached hydrogens (tertiary/aromatic N) is 2. The first kappa shape index (κ1) is 20.2. The van der Waals surface area contributed by atoms with Gasteiger partial charge in [0.1, 0.15) is 5.82 Å². The third-order valence-electron chi connectivity index (χ3n) is 4.70. The van der Waals surface area contributed by atoms with Crippen LogP contribution in [-0.4, -0.2) is 40.6 Å². The first-order chi connectivity index (χ1) is 13.4. The minimum atomic E-state index is -0.335. The van der Waals surface area contributed by atoms with E-state index < -0.39 is 0 Å². The molecule has 28 heavy (non-hydrogen) atoms. The van der Waals surface area contributed by atoms with Crippen LogP contribution in [0.3, 0.4) is 0 Å². The Bertz CT molecular complexity index is 932. The zero-order valence-electron chi connectivity index (χ0n) is 15.5. The molecule has 0 atom stereocenters. The molecule has 0 bridgehead atoms. The van der Waals surface area contributed by atoms with Gasteiger partial charge in [-0.25, -0.2) is 4.39 Å². The van der Waals surface area contributed by atoms with Crippen LogP contribution in [0.25, 0.3) is 0 Å². The number of carbonyl (C=O) groups is 3. The molecule has 0 saturated heterocycles. The molecule has 3 rings (SSSR count). The standard InChI is InChI=1S/C21H20BrFN2O3/c1-2-24(13-14-5-3-6-16(23)11-14)19(26)7-4-10-25-20(27)17-9-8-15(22)12-18(17)21(25)28/h3,5-6,8-9,11-12H,2,4,7,10,13H2,1H3. The fourth-order valence-electron chi connectivity index (χ4n) is 3.24. The summed E-state index contributed by atoms with van der Waals surface area (Å²) in [6.07, 6.45) is 0.589. The number of carbonyl (C=O) groups excluding carboxylic acids is 3. The number of rotatable bonds is 7. The summed E-state index contributed by atoms with van der Waals surface area (Å²) in [6.45, 7) is 2.87. The molecule has 7 heteroatoms. The molecule has 1 aliphatic rings. The maximum Gasteiger partial charge on any atom is 0.261 e. The van der Waals surface area contributed by atoms with E-state index in [2.05, 4.69) is 15.9 Å². The highest BCUT2D eigenvalue weighted by atomic mass is 79.9. The van der Waals surface area contributed by atoms with Gasteiger partial charge in [-0.15, -0.1) is 0 Å². The van der Waals surface area contributed by atoms with Crippen molar-refractivity contribution >= 4 is 33.7 Å². The molecule has 0 fully saturated rings. The molecule has 0 saturated carbocycles. The number of amides is 3. The summed E-state index contributed by atoms with van der Waals surface area (Å²) in [7, 11) is 0. The highest BCUT2D eigenvalue weighted by Gasteiger charge is 2.35. The summed E-state index contributed by atoms with van der Waals surface area (Å²) in [5, 5.41) is 0. The lowest BCUT2D eigenvalue weighted by Crippen LogP contribution is -2.33. The van der Waals surface area contributed by atoms with Gasteiger partial charge in [0.2, 0.25) is 5.91 Å². The van der Waals surface area contributed by atoms with Crippen molar-refractivity contribution in [3.63, 3.8) is 0 Å². The van der Waals surface area contributed by atoms with Gasteiger partial charge in [-0.2, -0.15) is 0 Å². The molecule has 0 N–H and O–H groups in total. The summed E-state index contributed by atoms with van der Waals surface area (Å²) in [5.74, 6) is -1.09. The van der Waals surface area contributed by atoms with Crippen molar-refractivity contribution in [3.8, 4) is 0 Å². The monoisotopic (exact) mass is 446 g/mol. The molecule has 0 aromatic heterocycles. The quantitative estimate of drug-likeness (QED) is 0.603. The topological polar surface area (TPSA) is 57.7 Å². The van der Waals surface area contributed by atoms with Crippen LogP contribution in [0.1, 0.15) is 46.0 Å². The van der Waals surface area contributed by atoms with Gasteiger partial charge >= 0.3 is 0 Å². The number of hydrogen-bond acceptors (Lipinski definition) is 3. The van der Waals surface area contributed by atoms with Gasteiger partial charge in [0.05, 0.1) is 11.1 Å². The molecule has 146 valence electrons. The first-order valence-corrected chi connectivity index (χ1v) is 9.88. The predicted molar refractivity (Wildman–Crippen MR) is 106 cm³/mol. The Labute approximate surface area is 171 Å². The fraction of sp³-hybridized carbons (Fsp3) is 0.286. The van der Waals surface area contributed by atoms with Crippen LogP contribution < -0.4 is 0 Å². The molecule has 2 aromatic rings. The van der Waals surface area contributed by atoms with E-state index in [-0.39, 0.29) is 36.5 Å².